The monoisotopic (exact) mass is 804 g/mol. The van der Waals surface area contributed by atoms with Gasteiger partial charge in [-0.3, -0.25) is 14.3 Å². The maximum atomic E-state index is 13.9. The van der Waals surface area contributed by atoms with Gasteiger partial charge in [0.05, 0.1) is 29.4 Å². The van der Waals surface area contributed by atoms with Crippen LogP contribution in [0.5, 0.6) is 0 Å². The van der Waals surface area contributed by atoms with Gasteiger partial charge in [-0.15, -0.1) is 6.58 Å². The maximum Gasteiger partial charge on any atom is 0.338 e. The van der Waals surface area contributed by atoms with E-state index in [0.717, 1.165) is 0 Å². The Bertz CT molecular complexity index is 1910. The van der Waals surface area contributed by atoms with E-state index in [9.17, 15) is 24.0 Å². The third kappa shape index (κ3) is 10.1. The van der Waals surface area contributed by atoms with E-state index in [2.05, 4.69) is 6.58 Å². The van der Waals surface area contributed by atoms with Gasteiger partial charge >= 0.3 is 29.8 Å². The number of rotatable bonds is 14. The molecule has 11 atom stereocenters. The Morgan fingerprint density at radius 3 is 1.71 bits per heavy atom. The minimum atomic E-state index is -2.12. The standard InChI is InChI=1S/C42H44O16/c1-6-22-48-40-35(55-39(47)29-20-14-9-15-21-29)34(54-38(46)28-18-12-8-13-19-28)32(30(53-40)23-49-37(45)27-16-10-7-11-17-27)56-42(5)57-36-33(52-26(4)44)31(51-25(3)43)24(2)50-41(36)58-42/h6-21,24,30-36,40-41H,1,22-23H2,2-5H3/t24-,30+,31-,32+,33+,34-,35-,36+,40-,41+,42?/m0/s1. The van der Waals surface area contributed by atoms with Crippen LogP contribution in [-0.4, -0.2) is 110 Å². The van der Waals surface area contributed by atoms with Crippen molar-refractivity contribution in [3.05, 3.63) is 120 Å². The van der Waals surface area contributed by atoms with Crippen molar-refractivity contribution in [2.24, 2.45) is 0 Å². The molecule has 0 bridgehead atoms. The van der Waals surface area contributed by atoms with E-state index in [4.69, 9.17) is 52.1 Å². The molecule has 16 nitrogen and oxygen atoms in total. The van der Waals surface area contributed by atoms with Crippen molar-refractivity contribution in [2.75, 3.05) is 13.2 Å². The van der Waals surface area contributed by atoms with E-state index in [0.29, 0.717) is 0 Å². The minimum Gasteiger partial charge on any atom is -0.459 e. The normalized spacial score (nSPS) is 30.2. The summed E-state index contributed by atoms with van der Waals surface area (Å²) in [5, 5.41) is 0. The third-order valence-corrected chi connectivity index (χ3v) is 9.22. The lowest BCUT2D eigenvalue weighted by Crippen LogP contribution is -2.64. The van der Waals surface area contributed by atoms with E-state index < -0.39 is 104 Å². The van der Waals surface area contributed by atoms with Crippen LogP contribution in [0.4, 0.5) is 0 Å². The Labute approximate surface area is 334 Å². The highest BCUT2D eigenvalue weighted by molar-refractivity contribution is 5.90. The number of fused-ring (bicyclic) bond motifs is 1. The van der Waals surface area contributed by atoms with Gasteiger partial charge < -0.3 is 47.4 Å². The van der Waals surface area contributed by atoms with Crippen molar-refractivity contribution < 1.29 is 76.1 Å². The second-order valence-corrected chi connectivity index (χ2v) is 13.6. The molecule has 6 rings (SSSR count). The molecule has 0 radical (unpaired) electrons. The summed E-state index contributed by atoms with van der Waals surface area (Å²) in [5.41, 5.74) is 0.545. The van der Waals surface area contributed by atoms with Gasteiger partial charge in [0.15, 0.2) is 43.1 Å². The lowest BCUT2D eigenvalue weighted by molar-refractivity contribution is -0.397. The van der Waals surface area contributed by atoms with Crippen LogP contribution in [0.3, 0.4) is 0 Å². The number of benzene rings is 3. The van der Waals surface area contributed by atoms with E-state index in [1.165, 1.54) is 51.1 Å². The number of carbonyl (C=O) groups excluding carboxylic acids is 5. The summed E-state index contributed by atoms with van der Waals surface area (Å²) in [6, 6.07) is 24.3. The Morgan fingerprint density at radius 2 is 1.17 bits per heavy atom. The molecule has 0 saturated carbocycles. The second kappa shape index (κ2) is 18.8. The zero-order valence-corrected chi connectivity index (χ0v) is 32.2. The van der Waals surface area contributed by atoms with Crippen LogP contribution in [0.15, 0.2) is 104 Å². The molecule has 3 aromatic carbocycles. The fourth-order valence-corrected chi connectivity index (χ4v) is 6.72. The summed E-state index contributed by atoms with van der Waals surface area (Å²) < 4.78 is 66.4. The summed E-state index contributed by atoms with van der Waals surface area (Å²) in [4.78, 5) is 65.2. The molecule has 0 amide bonds. The van der Waals surface area contributed by atoms with Crippen molar-refractivity contribution in [3.63, 3.8) is 0 Å². The first-order valence-electron chi connectivity index (χ1n) is 18.5. The van der Waals surface area contributed by atoms with E-state index in [-0.39, 0.29) is 23.3 Å². The van der Waals surface area contributed by atoms with Crippen LogP contribution in [0.25, 0.3) is 0 Å². The molecule has 16 heteroatoms. The van der Waals surface area contributed by atoms with Crippen LogP contribution < -0.4 is 0 Å². The molecule has 0 aromatic heterocycles. The number of carbonyl (C=O) groups is 5. The number of ether oxygens (including phenoxy) is 11. The second-order valence-electron chi connectivity index (χ2n) is 13.6. The third-order valence-electron chi connectivity index (χ3n) is 9.22. The quantitative estimate of drug-likeness (QED) is 0.127. The van der Waals surface area contributed by atoms with Crippen molar-refractivity contribution in [2.45, 2.75) is 95.1 Å². The lowest BCUT2D eigenvalue weighted by atomic mass is 9.97. The fraction of sp³-hybridized carbons (Fsp3) is 0.405. The molecule has 1 unspecified atom stereocenters. The molecule has 0 N–H and O–H groups in total. The predicted octanol–water partition coefficient (Wildman–Crippen LogP) is 4.30. The number of esters is 5. The first-order chi connectivity index (χ1) is 27.9. The van der Waals surface area contributed by atoms with Gasteiger partial charge in [0.1, 0.15) is 18.8 Å². The molecule has 308 valence electrons. The summed E-state index contributed by atoms with van der Waals surface area (Å²) >= 11 is 0. The number of hydrogen-bond donors (Lipinski definition) is 0. The number of hydrogen-bond acceptors (Lipinski definition) is 16. The topological polar surface area (TPSA) is 187 Å². The molecule has 3 aliphatic heterocycles. The van der Waals surface area contributed by atoms with Crippen LogP contribution in [0, 0.1) is 0 Å². The summed E-state index contributed by atoms with van der Waals surface area (Å²) in [7, 11) is 0. The maximum absolute atomic E-state index is 13.9. The van der Waals surface area contributed by atoms with Crippen LogP contribution in [0.1, 0.15) is 58.8 Å². The highest BCUT2D eigenvalue weighted by Crippen LogP contribution is 2.42. The average Bonchev–Trinajstić information content (AvgIpc) is 3.55. The van der Waals surface area contributed by atoms with Crippen molar-refractivity contribution in [3.8, 4) is 0 Å². The highest BCUT2D eigenvalue weighted by Gasteiger charge is 2.61. The highest BCUT2D eigenvalue weighted by atomic mass is 16.9. The predicted molar refractivity (Wildman–Crippen MR) is 198 cm³/mol. The van der Waals surface area contributed by atoms with Crippen molar-refractivity contribution in [1.29, 1.82) is 0 Å². The van der Waals surface area contributed by atoms with Crippen LogP contribution in [-0.2, 0) is 61.7 Å². The zero-order chi connectivity index (χ0) is 41.4. The van der Waals surface area contributed by atoms with Crippen molar-refractivity contribution >= 4 is 29.8 Å². The molecule has 3 heterocycles. The molecule has 3 saturated heterocycles. The van der Waals surface area contributed by atoms with Gasteiger partial charge in [0, 0.05) is 20.8 Å². The Hall–Kier alpha value is -5.49. The first kappa shape index (κ1) is 42.1. The van der Waals surface area contributed by atoms with Gasteiger partial charge in [-0.2, -0.15) is 0 Å². The largest absolute Gasteiger partial charge is 0.459 e. The molecule has 3 aromatic rings. The Kier molecular flexibility index (Phi) is 13.7. The van der Waals surface area contributed by atoms with E-state index >= 15 is 0 Å². The Balaban J connectivity index is 1.39. The fourth-order valence-electron chi connectivity index (χ4n) is 6.72. The molecular weight excluding hydrogens is 760 g/mol. The van der Waals surface area contributed by atoms with Crippen LogP contribution >= 0.6 is 0 Å². The molecule has 58 heavy (non-hydrogen) atoms. The Morgan fingerprint density at radius 1 is 0.655 bits per heavy atom. The van der Waals surface area contributed by atoms with Gasteiger partial charge in [-0.1, -0.05) is 60.7 Å². The molecule has 0 spiro atoms. The summed E-state index contributed by atoms with van der Waals surface area (Å²) in [6.07, 6.45) is -11.6. The lowest BCUT2D eigenvalue weighted by Gasteiger charge is -2.46. The average molecular weight is 805 g/mol. The van der Waals surface area contributed by atoms with Gasteiger partial charge in [-0.05, 0) is 43.3 Å². The molecule has 0 aliphatic carbocycles. The molecule has 3 fully saturated rings. The van der Waals surface area contributed by atoms with Gasteiger partial charge in [0.25, 0.3) is 5.97 Å². The SMILES string of the molecule is C=CCO[C@H]1O[C@H](COC(=O)c2ccccc2)[C@@H](OC2(C)O[C@H]3O[C@@H](C)[C@H](OC(C)=O)[C@@H](OC(C)=O)[C@H]3O2)[C@H](OC(=O)c2ccccc2)[C@@H]1OC(=O)c1ccccc1. The molecule has 3 aliphatic rings. The minimum absolute atomic E-state index is 0.102. The molecular formula is C42H44O16. The van der Waals surface area contributed by atoms with Gasteiger partial charge in [0.2, 0.25) is 0 Å². The van der Waals surface area contributed by atoms with E-state index in [1.807, 2.05) is 0 Å². The first-order valence-corrected chi connectivity index (χ1v) is 18.5. The smallest absolute Gasteiger partial charge is 0.338 e. The zero-order valence-electron chi connectivity index (χ0n) is 32.2. The summed E-state index contributed by atoms with van der Waals surface area (Å²) in [6.45, 7) is 8.44. The van der Waals surface area contributed by atoms with E-state index in [1.54, 1.807) is 73.7 Å². The van der Waals surface area contributed by atoms with Crippen LogP contribution in [0.2, 0.25) is 0 Å². The van der Waals surface area contributed by atoms with Crippen molar-refractivity contribution in [1.82, 2.24) is 0 Å². The summed E-state index contributed by atoms with van der Waals surface area (Å²) in [5.74, 6) is -5.84. The van der Waals surface area contributed by atoms with Gasteiger partial charge in [-0.25, -0.2) is 14.4 Å².